The third-order valence-electron chi connectivity index (χ3n) is 6.23. The zero-order chi connectivity index (χ0) is 26.5. The van der Waals surface area contributed by atoms with Crippen LogP contribution in [-0.2, 0) is 10.3 Å². The van der Waals surface area contributed by atoms with Crippen molar-refractivity contribution < 1.29 is 22.7 Å². The number of nitrogens with one attached hydrogen (secondary N) is 1. The molecule has 0 saturated carbocycles. The molecule has 0 aliphatic carbocycles. The Balaban J connectivity index is 1.44. The van der Waals surface area contributed by atoms with Gasteiger partial charge in [-0.3, -0.25) is 10.1 Å². The molecule has 4 aromatic rings. The van der Waals surface area contributed by atoms with Crippen LogP contribution in [0.25, 0.3) is 15.8 Å². The number of aromatic nitrogens is 1. The van der Waals surface area contributed by atoms with E-state index < -0.39 is 11.8 Å². The molecule has 0 spiro atoms. The minimum Gasteiger partial charge on any atom is -0.352 e. The van der Waals surface area contributed by atoms with Gasteiger partial charge >= 0.3 is 6.18 Å². The highest BCUT2D eigenvalue weighted by atomic mass is 35.5. The first-order valence-corrected chi connectivity index (χ1v) is 12.7. The van der Waals surface area contributed by atoms with E-state index in [-0.39, 0.29) is 28.1 Å². The number of anilines is 1. The van der Waals surface area contributed by atoms with Gasteiger partial charge in [0.1, 0.15) is 0 Å². The number of carbonyl (C=O) groups is 1. The van der Waals surface area contributed by atoms with Gasteiger partial charge in [-0.2, -0.15) is 13.2 Å². The smallest absolute Gasteiger partial charge is 0.352 e. The van der Waals surface area contributed by atoms with Gasteiger partial charge in [-0.1, -0.05) is 58.8 Å². The van der Waals surface area contributed by atoms with Crippen molar-refractivity contribution in [2.75, 3.05) is 11.9 Å². The van der Waals surface area contributed by atoms with Crippen molar-refractivity contribution in [1.29, 1.82) is 0 Å². The van der Waals surface area contributed by atoms with E-state index in [0.29, 0.717) is 27.4 Å². The molecular weight excluding hydrogens is 544 g/mol. The Hall–Kier alpha value is -2.91. The lowest BCUT2D eigenvalue weighted by molar-refractivity contribution is -0.254. The Kier molecular flexibility index (Phi) is 6.56. The highest BCUT2D eigenvalue weighted by molar-refractivity contribution is 7.22. The molecule has 3 aromatic carbocycles. The van der Waals surface area contributed by atoms with E-state index >= 15 is 0 Å². The molecule has 0 bridgehead atoms. The number of para-hydroxylation sites is 1. The molecule has 1 atom stereocenters. The number of nitrogens with zero attached hydrogens (tertiary/aromatic N) is 1. The normalized spacial score (nSPS) is 17.8. The van der Waals surface area contributed by atoms with E-state index in [1.165, 1.54) is 29.5 Å². The summed E-state index contributed by atoms with van der Waals surface area (Å²) in [5.74, 6) is -0.351. The number of fused-ring (bicyclic) bond motifs is 1. The number of benzene rings is 3. The highest BCUT2D eigenvalue weighted by Crippen LogP contribution is 2.49. The van der Waals surface area contributed by atoms with E-state index in [0.717, 1.165) is 21.9 Å². The van der Waals surface area contributed by atoms with E-state index in [9.17, 15) is 18.0 Å². The van der Waals surface area contributed by atoms with Gasteiger partial charge in [-0.15, -0.1) is 0 Å². The van der Waals surface area contributed by atoms with Crippen LogP contribution in [0.2, 0.25) is 10.0 Å². The van der Waals surface area contributed by atoms with Crippen molar-refractivity contribution in [3.05, 3.63) is 98.5 Å². The Morgan fingerprint density at radius 3 is 2.43 bits per heavy atom. The first-order valence-electron chi connectivity index (χ1n) is 11.1. The van der Waals surface area contributed by atoms with E-state index in [1.807, 2.05) is 25.1 Å². The molecule has 37 heavy (non-hydrogen) atoms. The van der Waals surface area contributed by atoms with Gasteiger partial charge in [0.2, 0.25) is 5.60 Å². The molecule has 10 heteroatoms. The van der Waals surface area contributed by atoms with Gasteiger partial charge in [0.15, 0.2) is 5.13 Å². The number of aryl methyl sites for hydroxylation is 2. The van der Waals surface area contributed by atoms with Crippen LogP contribution in [0.15, 0.2) is 60.7 Å². The highest BCUT2D eigenvalue weighted by Gasteiger charge is 2.58. The summed E-state index contributed by atoms with van der Waals surface area (Å²) in [5, 5.41) is 3.45. The van der Waals surface area contributed by atoms with Gasteiger partial charge in [0, 0.05) is 15.6 Å². The summed E-state index contributed by atoms with van der Waals surface area (Å²) in [6.07, 6.45) is -3.71. The topological polar surface area (TPSA) is 51.2 Å². The van der Waals surface area contributed by atoms with Crippen LogP contribution in [0.3, 0.4) is 0 Å². The van der Waals surface area contributed by atoms with Crippen LogP contribution >= 0.6 is 34.5 Å². The lowest BCUT2D eigenvalue weighted by atomic mass is 9.90. The summed E-state index contributed by atoms with van der Waals surface area (Å²) in [4.78, 5) is 17.5. The largest absolute Gasteiger partial charge is 0.425 e. The molecule has 1 N–H and O–H groups in total. The maximum absolute atomic E-state index is 14.3. The second-order valence-electron chi connectivity index (χ2n) is 8.77. The summed E-state index contributed by atoms with van der Waals surface area (Å²) in [6.45, 7) is 3.40. The third-order valence-corrected chi connectivity index (χ3v) is 7.60. The van der Waals surface area contributed by atoms with Gasteiger partial charge in [0.25, 0.3) is 5.91 Å². The summed E-state index contributed by atoms with van der Waals surface area (Å²) in [7, 11) is 0. The average molecular weight is 563 g/mol. The number of thiazole rings is 1. The molecule has 2 heterocycles. The molecule has 1 aliphatic rings. The number of halogens is 5. The molecule has 5 rings (SSSR count). The van der Waals surface area contributed by atoms with Crippen molar-refractivity contribution in [2.24, 2.45) is 0 Å². The van der Waals surface area contributed by atoms with Crippen molar-refractivity contribution in [2.45, 2.75) is 25.6 Å². The molecule has 1 unspecified atom stereocenters. The van der Waals surface area contributed by atoms with Crippen molar-refractivity contribution in [1.82, 2.24) is 4.98 Å². The molecule has 0 saturated heterocycles. The maximum atomic E-state index is 14.3. The van der Waals surface area contributed by atoms with Gasteiger partial charge in [-0.25, -0.2) is 4.98 Å². The summed E-state index contributed by atoms with van der Waals surface area (Å²) in [5.41, 5.74) is 0.798. The zero-order valence-corrected chi connectivity index (χ0v) is 21.9. The standard InChI is InChI=1S/C27H19Cl2F3N2O2S/c1-14-4-3-5-22-23(14)33-25(37-22)34-24(35)21-7-6-16(8-15(21)2)17-12-26(36-13-17,27(30,31)32)18-9-19(28)11-20(29)10-18/h3-12H,13H2,1-2H3,(H,33,34,35). The quantitative estimate of drug-likeness (QED) is 0.272. The number of rotatable bonds is 4. The Morgan fingerprint density at radius 1 is 1.05 bits per heavy atom. The first kappa shape index (κ1) is 25.7. The van der Waals surface area contributed by atoms with E-state index in [4.69, 9.17) is 27.9 Å². The average Bonchev–Trinajstić information content (AvgIpc) is 3.44. The SMILES string of the molecule is Cc1cc(C2=CC(c3cc(Cl)cc(Cl)c3)(C(F)(F)F)OC2)ccc1C(=O)Nc1nc2c(C)cccc2s1. The predicted octanol–water partition coefficient (Wildman–Crippen LogP) is 8.34. The van der Waals surface area contributed by atoms with Crippen LogP contribution in [0.5, 0.6) is 0 Å². The Bertz CT molecular complexity index is 1560. The van der Waals surface area contributed by atoms with Crippen molar-refractivity contribution in [3.63, 3.8) is 0 Å². The van der Waals surface area contributed by atoms with E-state index in [1.54, 1.807) is 25.1 Å². The second kappa shape index (κ2) is 9.44. The van der Waals surface area contributed by atoms with Crippen molar-refractivity contribution in [3.8, 4) is 0 Å². The summed E-state index contributed by atoms with van der Waals surface area (Å²) < 4.78 is 49.2. The second-order valence-corrected chi connectivity index (χ2v) is 10.7. The fourth-order valence-corrected chi connectivity index (χ4v) is 5.84. The maximum Gasteiger partial charge on any atom is 0.425 e. The summed E-state index contributed by atoms with van der Waals surface area (Å²) in [6, 6.07) is 14.4. The van der Waals surface area contributed by atoms with Crippen LogP contribution in [0, 0.1) is 13.8 Å². The van der Waals surface area contributed by atoms with E-state index in [2.05, 4.69) is 10.3 Å². The number of carbonyl (C=O) groups excluding carboxylic acids is 1. The fourth-order valence-electron chi connectivity index (χ4n) is 4.37. The lowest BCUT2D eigenvalue weighted by Crippen LogP contribution is -2.41. The molecule has 1 aliphatic heterocycles. The Labute approximate surface area is 224 Å². The number of ether oxygens (including phenoxy) is 1. The minimum absolute atomic E-state index is 0.0751. The molecule has 1 amide bonds. The predicted molar refractivity (Wildman–Crippen MR) is 142 cm³/mol. The molecule has 0 radical (unpaired) electrons. The van der Waals surface area contributed by atoms with Crippen LogP contribution < -0.4 is 5.32 Å². The van der Waals surface area contributed by atoms with Crippen molar-refractivity contribution >= 4 is 61.4 Å². The lowest BCUT2D eigenvalue weighted by Gasteiger charge is -2.30. The molecule has 0 fully saturated rings. The third kappa shape index (κ3) is 4.75. The molecule has 190 valence electrons. The van der Waals surface area contributed by atoms with Crippen LogP contribution in [0.4, 0.5) is 18.3 Å². The Morgan fingerprint density at radius 2 is 1.78 bits per heavy atom. The van der Waals surface area contributed by atoms with Gasteiger partial charge in [-0.05, 0) is 78.1 Å². The molecule has 4 nitrogen and oxygen atoms in total. The number of alkyl halides is 3. The number of hydrogen-bond acceptors (Lipinski definition) is 4. The van der Waals surface area contributed by atoms with Crippen LogP contribution in [-0.4, -0.2) is 23.7 Å². The zero-order valence-electron chi connectivity index (χ0n) is 19.5. The number of amides is 1. The molecule has 1 aromatic heterocycles. The fraction of sp³-hybridized carbons (Fsp3) is 0.185. The molecular formula is C27H19Cl2F3N2O2S. The first-order chi connectivity index (χ1) is 17.5. The summed E-state index contributed by atoms with van der Waals surface area (Å²) >= 11 is 13.3. The minimum atomic E-state index is -4.76. The van der Waals surface area contributed by atoms with Gasteiger partial charge in [0.05, 0.1) is 16.8 Å². The monoisotopic (exact) mass is 562 g/mol. The number of hydrogen-bond donors (Lipinski definition) is 1. The van der Waals surface area contributed by atoms with Crippen LogP contribution in [0.1, 0.15) is 32.6 Å². The van der Waals surface area contributed by atoms with Gasteiger partial charge < -0.3 is 4.74 Å².